The van der Waals surface area contributed by atoms with Crippen LogP contribution in [0.3, 0.4) is 0 Å². The van der Waals surface area contributed by atoms with E-state index in [0.717, 1.165) is 37.9 Å². The molecule has 1 aromatic rings. The van der Waals surface area contributed by atoms with E-state index >= 15 is 0 Å². The van der Waals surface area contributed by atoms with E-state index in [1.165, 1.54) is 24.0 Å². The summed E-state index contributed by atoms with van der Waals surface area (Å²) >= 11 is 0. The highest BCUT2D eigenvalue weighted by molar-refractivity contribution is 5.98. The number of amides is 1. The number of fused-ring (bicyclic) bond motifs is 1. The first-order chi connectivity index (χ1) is 9.23. The predicted octanol–water partition coefficient (Wildman–Crippen LogP) is 2.65. The second-order valence-electron chi connectivity index (χ2n) is 5.76. The average Bonchev–Trinajstić information content (AvgIpc) is 3.07. The highest BCUT2D eigenvalue weighted by Crippen LogP contribution is 2.27. The topological polar surface area (TPSA) is 41.1 Å². The van der Waals surface area contributed by atoms with Crippen LogP contribution >= 0.6 is 0 Å². The Hall–Kier alpha value is -1.35. The SMILES string of the molecule is CCC1(C(=O)Nc2ccc3c(c2)CCC3)CCCN1. The predicted molar refractivity (Wildman–Crippen MR) is 77.4 cm³/mol. The van der Waals surface area contributed by atoms with Gasteiger partial charge in [0, 0.05) is 5.69 Å². The highest BCUT2D eigenvalue weighted by Gasteiger charge is 2.39. The fourth-order valence-corrected chi connectivity index (χ4v) is 3.36. The van der Waals surface area contributed by atoms with Gasteiger partial charge in [0.1, 0.15) is 0 Å². The molecule has 1 aliphatic carbocycles. The van der Waals surface area contributed by atoms with Gasteiger partial charge in [0.05, 0.1) is 5.54 Å². The third-order valence-electron chi connectivity index (χ3n) is 4.64. The molecule has 3 heteroatoms. The first-order valence-electron chi connectivity index (χ1n) is 7.42. The summed E-state index contributed by atoms with van der Waals surface area (Å²) < 4.78 is 0. The van der Waals surface area contributed by atoms with Gasteiger partial charge in [0.2, 0.25) is 5.91 Å². The summed E-state index contributed by atoms with van der Waals surface area (Å²) in [4.78, 5) is 12.5. The molecule has 2 N–H and O–H groups in total. The number of carbonyl (C=O) groups excluding carboxylic acids is 1. The molecule has 1 fully saturated rings. The molecule has 1 aliphatic heterocycles. The Labute approximate surface area is 114 Å². The van der Waals surface area contributed by atoms with Crippen molar-refractivity contribution in [3.63, 3.8) is 0 Å². The van der Waals surface area contributed by atoms with Gasteiger partial charge in [-0.1, -0.05) is 13.0 Å². The van der Waals surface area contributed by atoms with Crippen LogP contribution in [0, 0.1) is 0 Å². The number of carbonyl (C=O) groups is 1. The van der Waals surface area contributed by atoms with Crippen LogP contribution in [0.1, 0.15) is 43.7 Å². The van der Waals surface area contributed by atoms with E-state index in [1.807, 2.05) is 6.07 Å². The van der Waals surface area contributed by atoms with Gasteiger partial charge < -0.3 is 10.6 Å². The fraction of sp³-hybridized carbons (Fsp3) is 0.562. The lowest BCUT2D eigenvalue weighted by Gasteiger charge is -2.26. The molecule has 1 amide bonds. The van der Waals surface area contributed by atoms with Crippen molar-refractivity contribution in [2.75, 3.05) is 11.9 Å². The maximum absolute atomic E-state index is 12.5. The monoisotopic (exact) mass is 258 g/mol. The molecule has 3 nitrogen and oxygen atoms in total. The summed E-state index contributed by atoms with van der Waals surface area (Å²) in [6.07, 6.45) is 6.46. The lowest BCUT2D eigenvalue weighted by molar-refractivity contribution is -0.122. The minimum atomic E-state index is -0.348. The van der Waals surface area contributed by atoms with E-state index in [-0.39, 0.29) is 11.4 Å². The molecular formula is C16H22N2O. The Kier molecular flexibility index (Phi) is 3.31. The molecule has 1 heterocycles. The summed E-state index contributed by atoms with van der Waals surface area (Å²) in [6.45, 7) is 3.03. The third kappa shape index (κ3) is 2.27. The molecule has 0 bridgehead atoms. The van der Waals surface area contributed by atoms with Crippen LogP contribution in [0.4, 0.5) is 5.69 Å². The van der Waals surface area contributed by atoms with Gasteiger partial charge in [-0.15, -0.1) is 0 Å². The van der Waals surface area contributed by atoms with Crippen molar-refractivity contribution >= 4 is 11.6 Å². The summed E-state index contributed by atoms with van der Waals surface area (Å²) in [5, 5.41) is 6.48. The standard InChI is InChI=1S/C16H22N2O/c1-2-16(9-4-10-17-16)15(19)18-14-8-7-12-5-3-6-13(12)11-14/h7-8,11,17H,2-6,9-10H2,1H3,(H,18,19). The Bertz CT molecular complexity index is 490. The van der Waals surface area contributed by atoms with E-state index in [0.29, 0.717) is 0 Å². The molecule has 19 heavy (non-hydrogen) atoms. The number of aryl methyl sites for hydroxylation is 2. The fourth-order valence-electron chi connectivity index (χ4n) is 3.36. The number of anilines is 1. The molecule has 1 saturated heterocycles. The molecule has 2 aliphatic rings. The van der Waals surface area contributed by atoms with Crippen molar-refractivity contribution in [1.82, 2.24) is 5.32 Å². The second-order valence-corrected chi connectivity index (χ2v) is 5.76. The van der Waals surface area contributed by atoms with E-state index in [4.69, 9.17) is 0 Å². The van der Waals surface area contributed by atoms with Crippen LogP contribution in [0.5, 0.6) is 0 Å². The van der Waals surface area contributed by atoms with Crippen LogP contribution < -0.4 is 10.6 Å². The molecule has 0 aromatic heterocycles. The van der Waals surface area contributed by atoms with Crippen molar-refractivity contribution < 1.29 is 4.79 Å². The van der Waals surface area contributed by atoms with Gasteiger partial charge in [-0.3, -0.25) is 4.79 Å². The van der Waals surface area contributed by atoms with Crippen molar-refractivity contribution in [3.8, 4) is 0 Å². The molecule has 1 unspecified atom stereocenters. The normalized spacial score (nSPS) is 25.3. The van der Waals surface area contributed by atoms with Crippen molar-refractivity contribution in [2.45, 2.75) is 51.0 Å². The quantitative estimate of drug-likeness (QED) is 0.875. The smallest absolute Gasteiger partial charge is 0.244 e. The lowest BCUT2D eigenvalue weighted by atomic mass is 9.93. The minimum Gasteiger partial charge on any atom is -0.324 e. The maximum Gasteiger partial charge on any atom is 0.244 e. The van der Waals surface area contributed by atoms with Gasteiger partial charge in [-0.25, -0.2) is 0 Å². The molecule has 3 rings (SSSR count). The summed E-state index contributed by atoms with van der Waals surface area (Å²) in [6, 6.07) is 6.36. The van der Waals surface area contributed by atoms with Gasteiger partial charge >= 0.3 is 0 Å². The van der Waals surface area contributed by atoms with Crippen molar-refractivity contribution in [2.24, 2.45) is 0 Å². The summed E-state index contributed by atoms with van der Waals surface area (Å²) in [5.74, 6) is 0.130. The largest absolute Gasteiger partial charge is 0.324 e. The molecule has 102 valence electrons. The van der Waals surface area contributed by atoms with Crippen LogP contribution in [0.2, 0.25) is 0 Å². The first-order valence-corrected chi connectivity index (χ1v) is 7.42. The van der Waals surface area contributed by atoms with Gasteiger partial charge in [-0.05, 0) is 68.3 Å². The molecular weight excluding hydrogens is 236 g/mol. The number of hydrogen-bond donors (Lipinski definition) is 2. The lowest BCUT2D eigenvalue weighted by Crippen LogP contribution is -2.50. The molecule has 1 atom stereocenters. The number of nitrogens with one attached hydrogen (secondary N) is 2. The maximum atomic E-state index is 12.5. The third-order valence-corrected chi connectivity index (χ3v) is 4.64. The number of rotatable bonds is 3. The summed E-state index contributed by atoms with van der Waals surface area (Å²) in [5.41, 5.74) is 3.45. The average molecular weight is 258 g/mol. The zero-order valence-electron chi connectivity index (χ0n) is 11.6. The molecule has 0 spiro atoms. The second kappa shape index (κ2) is 4.97. The van der Waals surface area contributed by atoms with Crippen LogP contribution in [0.25, 0.3) is 0 Å². The minimum absolute atomic E-state index is 0.130. The van der Waals surface area contributed by atoms with Crippen molar-refractivity contribution in [3.05, 3.63) is 29.3 Å². The van der Waals surface area contributed by atoms with Gasteiger partial charge in [0.15, 0.2) is 0 Å². The summed E-state index contributed by atoms with van der Waals surface area (Å²) in [7, 11) is 0. The zero-order valence-corrected chi connectivity index (χ0v) is 11.6. The Balaban J connectivity index is 1.76. The molecule has 0 radical (unpaired) electrons. The van der Waals surface area contributed by atoms with E-state index in [9.17, 15) is 4.79 Å². The van der Waals surface area contributed by atoms with Gasteiger partial charge in [0.25, 0.3) is 0 Å². The Morgan fingerprint density at radius 2 is 2.16 bits per heavy atom. The Morgan fingerprint density at radius 1 is 1.32 bits per heavy atom. The van der Waals surface area contributed by atoms with E-state index in [1.54, 1.807) is 0 Å². The number of hydrogen-bond acceptors (Lipinski definition) is 2. The van der Waals surface area contributed by atoms with Gasteiger partial charge in [-0.2, -0.15) is 0 Å². The molecule has 1 aromatic carbocycles. The van der Waals surface area contributed by atoms with Crippen LogP contribution in [-0.4, -0.2) is 18.0 Å². The Morgan fingerprint density at radius 3 is 2.89 bits per heavy atom. The number of benzene rings is 1. The van der Waals surface area contributed by atoms with Crippen LogP contribution in [-0.2, 0) is 17.6 Å². The molecule has 0 saturated carbocycles. The highest BCUT2D eigenvalue weighted by atomic mass is 16.2. The van der Waals surface area contributed by atoms with Crippen LogP contribution in [0.15, 0.2) is 18.2 Å². The van der Waals surface area contributed by atoms with E-state index < -0.39 is 0 Å². The zero-order chi connectivity index (χ0) is 13.3. The van der Waals surface area contributed by atoms with E-state index in [2.05, 4.69) is 29.7 Å². The first kappa shape index (κ1) is 12.7. The van der Waals surface area contributed by atoms with Crippen molar-refractivity contribution in [1.29, 1.82) is 0 Å².